The molecular weight excluding hydrogens is 322 g/mol. The van der Waals surface area contributed by atoms with Gasteiger partial charge in [-0.05, 0) is 54.9 Å². The minimum Gasteiger partial charge on any atom is -0.480 e. The van der Waals surface area contributed by atoms with Crippen molar-refractivity contribution in [2.45, 2.75) is 59.0 Å². The third-order valence-electron chi connectivity index (χ3n) is 4.61. The third kappa shape index (κ3) is 5.91. The highest BCUT2D eigenvalue weighted by Crippen LogP contribution is 2.19. The van der Waals surface area contributed by atoms with E-state index in [4.69, 9.17) is 4.74 Å². The fourth-order valence-electron chi connectivity index (χ4n) is 2.85. The lowest BCUT2D eigenvalue weighted by Gasteiger charge is -2.18. The number of benzene rings is 2. The van der Waals surface area contributed by atoms with Crippen LogP contribution in [0.15, 0.2) is 48.5 Å². The number of carbonyl (C=O) groups is 1. The number of para-hydroxylation sites is 1. The van der Waals surface area contributed by atoms with E-state index in [1.165, 1.54) is 11.1 Å². The first-order valence-corrected chi connectivity index (χ1v) is 9.60. The maximum atomic E-state index is 12.4. The number of hydrogen-bond donors (Lipinski definition) is 1. The first-order chi connectivity index (χ1) is 12.5. The van der Waals surface area contributed by atoms with Gasteiger partial charge in [0.05, 0.1) is 0 Å². The van der Waals surface area contributed by atoms with Crippen LogP contribution in [-0.2, 0) is 11.2 Å². The average Bonchev–Trinajstić information content (AvgIpc) is 2.64. The predicted molar refractivity (Wildman–Crippen MR) is 108 cm³/mol. The summed E-state index contributed by atoms with van der Waals surface area (Å²) in [7, 11) is 0. The van der Waals surface area contributed by atoms with Crippen molar-refractivity contribution in [1.82, 2.24) is 5.32 Å². The van der Waals surface area contributed by atoms with Crippen LogP contribution in [0, 0.1) is 6.92 Å². The molecular formula is C23H31NO2. The molecule has 1 N–H and O–H groups in total. The second kappa shape index (κ2) is 10.0. The van der Waals surface area contributed by atoms with Gasteiger partial charge in [0.1, 0.15) is 5.75 Å². The Morgan fingerprint density at radius 2 is 1.77 bits per heavy atom. The normalized spacial score (nSPS) is 12.0. The zero-order valence-electron chi connectivity index (χ0n) is 16.4. The summed E-state index contributed by atoms with van der Waals surface area (Å²) in [5, 5.41) is 3.01. The van der Waals surface area contributed by atoms with Gasteiger partial charge in [-0.1, -0.05) is 63.2 Å². The second-order valence-electron chi connectivity index (χ2n) is 7.07. The van der Waals surface area contributed by atoms with Gasteiger partial charge in [-0.25, -0.2) is 0 Å². The number of amides is 1. The van der Waals surface area contributed by atoms with Crippen LogP contribution in [0.25, 0.3) is 0 Å². The predicted octanol–water partition coefficient (Wildman–Crippen LogP) is 5.02. The van der Waals surface area contributed by atoms with E-state index in [-0.39, 0.29) is 5.91 Å². The van der Waals surface area contributed by atoms with E-state index in [1.807, 2.05) is 38.1 Å². The summed E-state index contributed by atoms with van der Waals surface area (Å²) in [6.07, 6.45) is 2.10. The monoisotopic (exact) mass is 353 g/mol. The smallest absolute Gasteiger partial charge is 0.261 e. The number of aryl methyl sites for hydroxylation is 2. The molecule has 0 heterocycles. The van der Waals surface area contributed by atoms with Crippen molar-refractivity contribution in [3.8, 4) is 5.75 Å². The van der Waals surface area contributed by atoms with E-state index < -0.39 is 6.10 Å². The second-order valence-corrected chi connectivity index (χ2v) is 7.07. The fourth-order valence-corrected chi connectivity index (χ4v) is 2.85. The van der Waals surface area contributed by atoms with E-state index >= 15 is 0 Å². The van der Waals surface area contributed by atoms with Gasteiger partial charge in [-0.15, -0.1) is 0 Å². The molecule has 1 amide bonds. The largest absolute Gasteiger partial charge is 0.480 e. The van der Waals surface area contributed by atoms with Gasteiger partial charge in [0.25, 0.3) is 5.91 Å². The quantitative estimate of drug-likeness (QED) is 0.643. The molecule has 0 aliphatic rings. The Balaban J connectivity index is 1.77. The summed E-state index contributed by atoms with van der Waals surface area (Å²) >= 11 is 0. The lowest BCUT2D eigenvalue weighted by Crippen LogP contribution is -2.38. The lowest BCUT2D eigenvalue weighted by atomic mass is 10.0. The molecule has 0 aliphatic carbocycles. The van der Waals surface area contributed by atoms with Crippen molar-refractivity contribution in [3.63, 3.8) is 0 Å². The van der Waals surface area contributed by atoms with E-state index in [9.17, 15) is 4.79 Å². The van der Waals surface area contributed by atoms with E-state index in [0.717, 1.165) is 24.2 Å². The van der Waals surface area contributed by atoms with Crippen LogP contribution in [-0.4, -0.2) is 18.6 Å². The van der Waals surface area contributed by atoms with Crippen LogP contribution in [0.3, 0.4) is 0 Å². The molecule has 2 aromatic carbocycles. The summed E-state index contributed by atoms with van der Waals surface area (Å²) in [5.41, 5.74) is 3.72. The molecule has 2 rings (SSSR count). The highest BCUT2D eigenvalue weighted by Gasteiger charge is 2.18. The van der Waals surface area contributed by atoms with Crippen LogP contribution in [0.1, 0.15) is 56.2 Å². The van der Waals surface area contributed by atoms with Crippen LogP contribution in [0.2, 0.25) is 0 Å². The van der Waals surface area contributed by atoms with Crippen LogP contribution >= 0.6 is 0 Å². The molecule has 140 valence electrons. The van der Waals surface area contributed by atoms with E-state index in [1.54, 1.807) is 0 Å². The van der Waals surface area contributed by atoms with Gasteiger partial charge >= 0.3 is 0 Å². The summed E-state index contributed by atoms with van der Waals surface area (Å²) in [4.78, 5) is 12.4. The number of hydrogen-bond acceptors (Lipinski definition) is 2. The SMILES string of the molecule is CC[C@H](Oc1ccccc1C)C(=O)NCCCc1ccc(C(C)C)cc1. The molecule has 0 bridgehead atoms. The number of rotatable bonds is 9. The van der Waals surface area contributed by atoms with Gasteiger partial charge in [0.2, 0.25) is 0 Å². The van der Waals surface area contributed by atoms with Crippen LogP contribution in [0.4, 0.5) is 0 Å². The van der Waals surface area contributed by atoms with Crippen molar-refractivity contribution in [3.05, 3.63) is 65.2 Å². The number of nitrogens with one attached hydrogen (secondary N) is 1. The summed E-state index contributed by atoms with van der Waals surface area (Å²) in [6, 6.07) is 16.6. The summed E-state index contributed by atoms with van der Waals surface area (Å²) in [5.74, 6) is 1.30. The Kier molecular flexibility index (Phi) is 7.71. The highest BCUT2D eigenvalue weighted by atomic mass is 16.5. The van der Waals surface area contributed by atoms with Gasteiger partial charge < -0.3 is 10.1 Å². The molecule has 3 nitrogen and oxygen atoms in total. The topological polar surface area (TPSA) is 38.3 Å². The molecule has 0 saturated heterocycles. The minimum absolute atomic E-state index is 0.0362. The minimum atomic E-state index is -0.443. The fraction of sp³-hybridized carbons (Fsp3) is 0.435. The Hall–Kier alpha value is -2.29. The van der Waals surface area contributed by atoms with E-state index in [0.29, 0.717) is 18.9 Å². The Labute approximate surface area is 157 Å². The van der Waals surface area contributed by atoms with Gasteiger partial charge in [0, 0.05) is 6.54 Å². The standard InChI is InChI=1S/C23H31NO2/c1-5-21(26-22-11-7-6-9-18(22)4)23(25)24-16-8-10-19-12-14-20(15-13-19)17(2)3/h6-7,9,11-15,17,21H,5,8,10,16H2,1-4H3,(H,24,25)/t21-/m0/s1. The Bertz CT molecular complexity index is 692. The van der Waals surface area contributed by atoms with E-state index in [2.05, 4.69) is 43.4 Å². The lowest BCUT2D eigenvalue weighted by molar-refractivity contribution is -0.128. The molecule has 3 heteroatoms. The van der Waals surface area contributed by atoms with Crippen molar-refractivity contribution < 1.29 is 9.53 Å². The van der Waals surface area contributed by atoms with Crippen molar-refractivity contribution in [1.29, 1.82) is 0 Å². The van der Waals surface area contributed by atoms with Gasteiger partial charge in [0.15, 0.2) is 6.10 Å². The average molecular weight is 354 g/mol. The van der Waals surface area contributed by atoms with Crippen molar-refractivity contribution >= 4 is 5.91 Å². The summed E-state index contributed by atoms with van der Waals surface area (Å²) < 4.78 is 5.90. The first-order valence-electron chi connectivity index (χ1n) is 9.60. The number of ether oxygens (including phenoxy) is 1. The molecule has 2 aromatic rings. The molecule has 0 aromatic heterocycles. The third-order valence-corrected chi connectivity index (χ3v) is 4.61. The Morgan fingerprint density at radius 3 is 2.38 bits per heavy atom. The maximum Gasteiger partial charge on any atom is 0.261 e. The maximum absolute atomic E-state index is 12.4. The summed E-state index contributed by atoms with van der Waals surface area (Å²) in [6.45, 7) is 9.03. The molecule has 0 spiro atoms. The molecule has 0 saturated carbocycles. The van der Waals surface area contributed by atoms with Crippen molar-refractivity contribution in [2.24, 2.45) is 0 Å². The molecule has 1 atom stereocenters. The molecule has 0 unspecified atom stereocenters. The highest BCUT2D eigenvalue weighted by molar-refractivity contribution is 5.81. The first kappa shape index (κ1) is 20.0. The zero-order valence-corrected chi connectivity index (χ0v) is 16.4. The molecule has 0 fully saturated rings. The zero-order chi connectivity index (χ0) is 18.9. The van der Waals surface area contributed by atoms with Crippen LogP contribution in [0.5, 0.6) is 5.75 Å². The molecule has 0 aliphatic heterocycles. The molecule has 26 heavy (non-hydrogen) atoms. The number of carbonyl (C=O) groups excluding carboxylic acids is 1. The van der Waals surface area contributed by atoms with Gasteiger partial charge in [-0.3, -0.25) is 4.79 Å². The van der Waals surface area contributed by atoms with Crippen LogP contribution < -0.4 is 10.1 Å². The Morgan fingerprint density at radius 1 is 1.08 bits per heavy atom. The molecule has 0 radical (unpaired) electrons. The van der Waals surface area contributed by atoms with Crippen molar-refractivity contribution in [2.75, 3.05) is 6.54 Å². The van der Waals surface area contributed by atoms with Gasteiger partial charge in [-0.2, -0.15) is 0 Å².